The number of amides is 1. The molecule has 1 saturated carbocycles. The average Bonchev–Trinajstić information content (AvgIpc) is 3.10. The molecule has 92 valence electrons. The summed E-state index contributed by atoms with van der Waals surface area (Å²) in [6, 6.07) is 0. The van der Waals surface area contributed by atoms with E-state index in [0.29, 0.717) is 17.4 Å². The van der Waals surface area contributed by atoms with Crippen molar-refractivity contribution in [3.05, 3.63) is 11.3 Å². The van der Waals surface area contributed by atoms with Crippen LogP contribution in [0.4, 0.5) is 0 Å². The summed E-state index contributed by atoms with van der Waals surface area (Å²) in [5.41, 5.74) is 1.46. The van der Waals surface area contributed by atoms with E-state index in [1.807, 2.05) is 0 Å². The number of hydrogen-bond acceptors (Lipinski definition) is 4. The highest BCUT2D eigenvalue weighted by Gasteiger charge is 2.46. The first-order valence-corrected chi connectivity index (χ1v) is 7.80. The van der Waals surface area contributed by atoms with Gasteiger partial charge in [-0.05, 0) is 18.4 Å². The molecule has 0 unspecified atom stereocenters. The first-order valence-electron chi connectivity index (χ1n) is 5.63. The van der Waals surface area contributed by atoms with Crippen LogP contribution in [0.5, 0.6) is 0 Å². The average molecular weight is 318 g/mol. The number of β-lactam (4-membered cyclic amide) rings is 1. The summed E-state index contributed by atoms with van der Waals surface area (Å²) in [6.07, 6.45) is 2.53. The van der Waals surface area contributed by atoms with Gasteiger partial charge in [0.25, 0.3) is 0 Å². The molecule has 1 aliphatic carbocycles. The van der Waals surface area contributed by atoms with Gasteiger partial charge in [-0.1, -0.05) is 15.9 Å². The summed E-state index contributed by atoms with van der Waals surface area (Å²) in [4.78, 5) is 25.3. The van der Waals surface area contributed by atoms with Crippen molar-refractivity contribution < 1.29 is 14.3 Å². The van der Waals surface area contributed by atoms with Crippen LogP contribution in [0.25, 0.3) is 0 Å². The third-order valence-corrected chi connectivity index (χ3v) is 5.04. The minimum Gasteiger partial charge on any atom is -0.458 e. The lowest BCUT2D eigenvalue weighted by Crippen LogP contribution is -2.54. The Morgan fingerprint density at radius 3 is 2.88 bits per heavy atom. The van der Waals surface area contributed by atoms with Crippen molar-refractivity contribution in [3.8, 4) is 0 Å². The maximum atomic E-state index is 12.0. The lowest BCUT2D eigenvalue weighted by molar-refractivity contribution is -0.150. The van der Waals surface area contributed by atoms with Crippen LogP contribution in [-0.2, 0) is 14.3 Å². The normalized spacial score (nSPS) is 27.7. The second kappa shape index (κ2) is 4.31. The predicted octanol–water partition coefficient (Wildman–Crippen LogP) is 1.65. The molecule has 0 radical (unpaired) electrons. The first kappa shape index (κ1) is 11.6. The van der Waals surface area contributed by atoms with Crippen LogP contribution in [0.15, 0.2) is 11.3 Å². The Bertz CT molecular complexity index is 419. The standard InChI is InChI=1S/C11H12BrNO3S/c12-4-6-5-17-9-3-8(14)13(9)10(6)11(15)16-7-1-2-7/h7,9H,1-5H2/t9-/m1/s1. The summed E-state index contributed by atoms with van der Waals surface area (Å²) in [5.74, 6) is 0.512. The van der Waals surface area contributed by atoms with Gasteiger partial charge in [0.05, 0.1) is 11.8 Å². The third-order valence-electron chi connectivity index (χ3n) is 3.08. The van der Waals surface area contributed by atoms with Crippen LogP contribution in [0.3, 0.4) is 0 Å². The lowest BCUT2D eigenvalue weighted by atomic mass is 10.1. The molecule has 4 nitrogen and oxygen atoms in total. The second-order valence-corrected chi connectivity index (χ2v) is 6.15. The molecular formula is C11H12BrNO3S. The minimum absolute atomic E-state index is 0.0309. The zero-order chi connectivity index (χ0) is 12.0. The van der Waals surface area contributed by atoms with Gasteiger partial charge >= 0.3 is 5.97 Å². The number of ether oxygens (including phenoxy) is 1. The second-order valence-electron chi connectivity index (χ2n) is 4.42. The zero-order valence-electron chi connectivity index (χ0n) is 9.15. The summed E-state index contributed by atoms with van der Waals surface area (Å²) >= 11 is 5.09. The van der Waals surface area contributed by atoms with Gasteiger partial charge in [-0.15, -0.1) is 11.8 Å². The van der Waals surface area contributed by atoms with E-state index < -0.39 is 0 Å². The Balaban J connectivity index is 1.86. The summed E-state index contributed by atoms with van der Waals surface area (Å²) in [6.45, 7) is 0. The number of hydrogen-bond donors (Lipinski definition) is 0. The van der Waals surface area contributed by atoms with E-state index in [0.717, 1.165) is 24.2 Å². The van der Waals surface area contributed by atoms with Crippen molar-refractivity contribution in [2.45, 2.75) is 30.7 Å². The Kier molecular flexibility index (Phi) is 2.94. The minimum atomic E-state index is -0.319. The van der Waals surface area contributed by atoms with Crippen LogP contribution < -0.4 is 0 Å². The number of fused-ring (bicyclic) bond motifs is 1. The number of nitrogens with zero attached hydrogens (tertiary/aromatic N) is 1. The lowest BCUT2D eigenvalue weighted by Gasteiger charge is -2.44. The van der Waals surface area contributed by atoms with E-state index in [1.54, 1.807) is 16.7 Å². The molecule has 1 atom stereocenters. The smallest absolute Gasteiger partial charge is 0.355 e. The van der Waals surface area contributed by atoms with Crippen molar-refractivity contribution in [1.82, 2.24) is 4.90 Å². The molecule has 1 saturated heterocycles. The molecule has 17 heavy (non-hydrogen) atoms. The molecule has 3 rings (SSSR count). The first-order chi connectivity index (χ1) is 8.20. The van der Waals surface area contributed by atoms with Crippen molar-refractivity contribution in [1.29, 1.82) is 0 Å². The van der Waals surface area contributed by atoms with E-state index >= 15 is 0 Å². The molecule has 3 aliphatic rings. The molecule has 0 bridgehead atoms. The van der Waals surface area contributed by atoms with E-state index in [2.05, 4.69) is 15.9 Å². The maximum Gasteiger partial charge on any atom is 0.355 e. The molecule has 2 aliphatic heterocycles. The summed E-state index contributed by atoms with van der Waals surface area (Å²) in [5, 5.41) is 0.762. The molecule has 2 heterocycles. The molecule has 0 aromatic heterocycles. The fraction of sp³-hybridized carbons (Fsp3) is 0.636. The number of rotatable bonds is 3. The maximum absolute atomic E-state index is 12.0. The predicted molar refractivity (Wildman–Crippen MR) is 67.6 cm³/mol. The van der Waals surface area contributed by atoms with Gasteiger partial charge in [0.1, 0.15) is 11.8 Å². The SMILES string of the molecule is O=C(OC1CC1)C1=C(CBr)CS[C@@H]2CC(=O)N12. The highest BCUT2D eigenvalue weighted by molar-refractivity contribution is 9.09. The van der Waals surface area contributed by atoms with E-state index in [4.69, 9.17) is 4.74 Å². The number of alkyl halides is 1. The molecule has 0 spiro atoms. The van der Waals surface area contributed by atoms with Gasteiger partial charge in [0, 0.05) is 11.1 Å². The Labute approximate surface area is 112 Å². The number of carbonyl (C=O) groups excluding carboxylic acids is 2. The van der Waals surface area contributed by atoms with Crippen molar-refractivity contribution >= 4 is 39.6 Å². The van der Waals surface area contributed by atoms with Gasteiger partial charge in [-0.25, -0.2) is 4.79 Å². The van der Waals surface area contributed by atoms with Crippen molar-refractivity contribution in [2.24, 2.45) is 0 Å². The third kappa shape index (κ3) is 2.01. The number of carbonyl (C=O) groups is 2. The molecular weight excluding hydrogens is 306 g/mol. The van der Waals surface area contributed by atoms with Crippen LogP contribution in [-0.4, -0.2) is 39.3 Å². The van der Waals surface area contributed by atoms with Gasteiger partial charge in [0.15, 0.2) is 0 Å². The molecule has 1 amide bonds. The molecule has 0 aromatic carbocycles. The van der Waals surface area contributed by atoms with Crippen molar-refractivity contribution in [2.75, 3.05) is 11.1 Å². The monoisotopic (exact) mass is 317 g/mol. The van der Waals surface area contributed by atoms with Gasteiger partial charge in [-0.2, -0.15) is 0 Å². The Morgan fingerprint density at radius 1 is 1.53 bits per heavy atom. The fourth-order valence-corrected chi connectivity index (χ4v) is 3.95. The van der Waals surface area contributed by atoms with E-state index in [9.17, 15) is 9.59 Å². The van der Waals surface area contributed by atoms with Gasteiger partial charge in [-0.3, -0.25) is 9.69 Å². The highest BCUT2D eigenvalue weighted by atomic mass is 79.9. The van der Waals surface area contributed by atoms with E-state index in [-0.39, 0.29) is 23.4 Å². The molecule has 0 N–H and O–H groups in total. The largest absolute Gasteiger partial charge is 0.458 e. The number of halogens is 1. The van der Waals surface area contributed by atoms with Crippen LogP contribution >= 0.6 is 27.7 Å². The van der Waals surface area contributed by atoms with Crippen LogP contribution in [0, 0.1) is 0 Å². The fourth-order valence-electron chi connectivity index (χ4n) is 1.96. The number of thioether (sulfide) groups is 1. The molecule has 2 fully saturated rings. The zero-order valence-corrected chi connectivity index (χ0v) is 11.6. The Hall–Kier alpha value is -0.490. The van der Waals surface area contributed by atoms with Crippen molar-refractivity contribution in [3.63, 3.8) is 0 Å². The van der Waals surface area contributed by atoms with E-state index in [1.165, 1.54) is 0 Å². The molecule has 6 heteroatoms. The quantitative estimate of drug-likeness (QED) is 0.451. The number of esters is 1. The van der Waals surface area contributed by atoms with Gasteiger partial charge < -0.3 is 4.74 Å². The van der Waals surface area contributed by atoms with Gasteiger partial charge in [0.2, 0.25) is 5.91 Å². The van der Waals surface area contributed by atoms with Crippen LogP contribution in [0.2, 0.25) is 0 Å². The summed E-state index contributed by atoms with van der Waals surface area (Å²) in [7, 11) is 0. The highest BCUT2D eigenvalue weighted by Crippen LogP contribution is 2.41. The van der Waals surface area contributed by atoms with Crippen LogP contribution in [0.1, 0.15) is 19.3 Å². The topological polar surface area (TPSA) is 46.6 Å². The molecule has 0 aromatic rings. The summed E-state index contributed by atoms with van der Waals surface area (Å²) < 4.78 is 5.31. The Morgan fingerprint density at radius 2 is 2.29 bits per heavy atom.